The number of aryl methyl sites for hydroxylation is 4. The van der Waals surface area contributed by atoms with Gasteiger partial charge in [-0.2, -0.15) is 0 Å². The number of imide groups is 2. The summed E-state index contributed by atoms with van der Waals surface area (Å²) in [6.07, 6.45) is 2.33. The van der Waals surface area contributed by atoms with Crippen molar-refractivity contribution in [3.05, 3.63) is 105 Å². The summed E-state index contributed by atoms with van der Waals surface area (Å²) in [7, 11) is 0. The fourth-order valence-electron chi connectivity index (χ4n) is 4.24. The van der Waals surface area contributed by atoms with Gasteiger partial charge in [0.1, 0.15) is 5.57 Å². The molecule has 33 heavy (non-hydrogen) atoms. The van der Waals surface area contributed by atoms with Gasteiger partial charge in [0.25, 0.3) is 11.8 Å². The Kier molecular flexibility index (Phi) is 5.97. The number of carbonyl (C=O) groups excluding carboxylic acids is 3. The molecule has 3 aromatic carbocycles. The number of hydrogen-bond donors (Lipinski definition) is 1. The fraction of sp³-hybridized carbons (Fsp3) is 0.179. The van der Waals surface area contributed by atoms with Crippen LogP contribution in [0, 0.1) is 27.7 Å². The minimum Gasteiger partial charge on any atom is -0.273 e. The predicted molar refractivity (Wildman–Crippen MR) is 130 cm³/mol. The molecule has 0 unspecified atom stereocenters. The minimum absolute atomic E-state index is 0.0726. The number of hydrogen-bond acceptors (Lipinski definition) is 3. The largest absolute Gasteiger partial charge is 0.335 e. The monoisotopic (exact) mass is 438 g/mol. The Morgan fingerprint density at radius 3 is 2.06 bits per heavy atom. The number of benzene rings is 3. The minimum atomic E-state index is -0.738. The number of anilines is 1. The number of rotatable bonds is 4. The van der Waals surface area contributed by atoms with E-state index < -0.39 is 17.8 Å². The fourth-order valence-corrected chi connectivity index (χ4v) is 4.24. The topological polar surface area (TPSA) is 66.5 Å². The standard InChI is InChI=1S/C28H26N2O3/c1-17-5-10-25(20(4)12-17)30-27(32)24(26(31)29-28(30)33)16-22-8-6-21(7-9-22)15-23-13-18(2)11-19(3)14-23/h5-14,16H,15H2,1-4H3,(H,29,31,33)/b24-16+. The van der Waals surface area contributed by atoms with E-state index >= 15 is 0 Å². The molecule has 0 aromatic heterocycles. The average Bonchev–Trinajstić information content (AvgIpc) is 2.73. The molecule has 1 N–H and O–H groups in total. The molecule has 5 nitrogen and oxygen atoms in total. The maximum absolute atomic E-state index is 13.1. The molecule has 1 aliphatic heterocycles. The van der Waals surface area contributed by atoms with Crippen molar-refractivity contribution in [2.45, 2.75) is 34.1 Å². The van der Waals surface area contributed by atoms with E-state index in [1.165, 1.54) is 22.8 Å². The predicted octanol–water partition coefficient (Wildman–Crippen LogP) is 5.18. The van der Waals surface area contributed by atoms with Crippen LogP contribution in [0.2, 0.25) is 0 Å². The second-order valence-corrected chi connectivity index (χ2v) is 8.66. The third-order valence-corrected chi connectivity index (χ3v) is 5.68. The second kappa shape index (κ2) is 8.87. The molecular formula is C28H26N2O3. The van der Waals surface area contributed by atoms with Gasteiger partial charge in [-0.3, -0.25) is 14.9 Å². The van der Waals surface area contributed by atoms with Crippen molar-refractivity contribution in [3.8, 4) is 0 Å². The molecule has 0 aliphatic carbocycles. The van der Waals surface area contributed by atoms with Crippen LogP contribution in [-0.4, -0.2) is 17.8 Å². The summed E-state index contributed by atoms with van der Waals surface area (Å²) in [5.41, 5.74) is 7.75. The number of carbonyl (C=O) groups is 3. The Morgan fingerprint density at radius 1 is 0.758 bits per heavy atom. The van der Waals surface area contributed by atoms with E-state index in [1.807, 2.05) is 50.2 Å². The lowest BCUT2D eigenvalue weighted by atomic mass is 9.99. The Morgan fingerprint density at radius 2 is 1.42 bits per heavy atom. The van der Waals surface area contributed by atoms with Crippen LogP contribution >= 0.6 is 0 Å². The van der Waals surface area contributed by atoms with Gasteiger partial charge >= 0.3 is 6.03 Å². The quantitative estimate of drug-likeness (QED) is 0.451. The zero-order valence-electron chi connectivity index (χ0n) is 19.2. The summed E-state index contributed by atoms with van der Waals surface area (Å²) in [5, 5.41) is 2.28. The summed E-state index contributed by atoms with van der Waals surface area (Å²) in [6, 6.07) is 18.9. The Hall–Kier alpha value is -3.99. The molecule has 0 saturated carbocycles. The van der Waals surface area contributed by atoms with Gasteiger partial charge in [0, 0.05) is 0 Å². The molecule has 4 amide bonds. The number of amides is 4. The summed E-state index contributed by atoms with van der Waals surface area (Å²) >= 11 is 0. The van der Waals surface area contributed by atoms with Crippen LogP contribution in [0.25, 0.3) is 6.08 Å². The first-order chi connectivity index (χ1) is 15.7. The summed E-state index contributed by atoms with van der Waals surface area (Å²) in [5.74, 6) is -1.32. The van der Waals surface area contributed by atoms with Crippen LogP contribution < -0.4 is 10.2 Å². The van der Waals surface area contributed by atoms with E-state index in [4.69, 9.17) is 0 Å². The number of barbiturate groups is 1. The van der Waals surface area contributed by atoms with Crippen LogP contribution in [-0.2, 0) is 16.0 Å². The molecule has 0 radical (unpaired) electrons. The highest BCUT2D eigenvalue weighted by Gasteiger charge is 2.37. The molecule has 1 fully saturated rings. The Labute approximate surface area is 193 Å². The molecule has 0 bridgehead atoms. The molecule has 4 rings (SSSR count). The van der Waals surface area contributed by atoms with Crippen molar-refractivity contribution < 1.29 is 14.4 Å². The van der Waals surface area contributed by atoms with Crippen molar-refractivity contribution >= 4 is 29.6 Å². The van der Waals surface area contributed by atoms with Crippen molar-refractivity contribution in [1.29, 1.82) is 0 Å². The number of urea groups is 1. The number of nitrogens with one attached hydrogen (secondary N) is 1. The van der Waals surface area contributed by atoms with Gasteiger partial charge < -0.3 is 0 Å². The molecule has 1 heterocycles. The Bertz CT molecular complexity index is 1280. The van der Waals surface area contributed by atoms with E-state index in [-0.39, 0.29) is 5.57 Å². The molecule has 1 aliphatic rings. The third kappa shape index (κ3) is 4.77. The third-order valence-electron chi connectivity index (χ3n) is 5.68. The van der Waals surface area contributed by atoms with Crippen LogP contribution in [0.15, 0.2) is 66.2 Å². The molecule has 5 heteroatoms. The normalized spacial score (nSPS) is 15.2. The lowest BCUT2D eigenvalue weighted by Crippen LogP contribution is -2.54. The SMILES string of the molecule is Cc1cc(C)cc(Cc2ccc(/C=C3\C(=O)NC(=O)N(c4ccc(C)cc4C)C3=O)cc2)c1. The smallest absolute Gasteiger partial charge is 0.273 e. The first-order valence-electron chi connectivity index (χ1n) is 10.9. The van der Waals surface area contributed by atoms with Crippen molar-refractivity contribution in [2.75, 3.05) is 4.90 Å². The van der Waals surface area contributed by atoms with Gasteiger partial charge in [-0.05, 0) is 68.5 Å². The van der Waals surface area contributed by atoms with Gasteiger partial charge in [-0.25, -0.2) is 9.69 Å². The van der Waals surface area contributed by atoms with Crippen LogP contribution in [0.1, 0.15) is 38.9 Å². The van der Waals surface area contributed by atoms with E-state index in [2.05, 4.69) is 37.4 Å². The van der Waals surface area contributed by atoms with E-state index in [9.17, 15) is 14.4 Å². The summed E-state index contributed by atoms with van der Waals surface area (Å²) < 4.78 is 0. The summed E-state index contributed by atoms with van der Waals surface area (Å²) in [6.45, 7) is 7.94. The Balaban J connectivity index is 1.60. The zero-order valence-corrected chi connectivity index (χ0v) is 19.2. The summed E-state index contributed by atoms with van der Waals surface area (Å²) in [4.78, 5) is 39.1. The van der Waals surface area contributed by atoms with E-state index in [0.717, 1.165) is 28.0 Å². The highest BCUT2D eigenvalue weighted by atomic mass is 16.2. The second-order valence-electron chi connectivity index (χ2n) is 8.66. The highest BCUT2D eigenvalue weighted by Crippen LogP contribution is 2.26. The van der Waals surface area contributed by atoms with Gasteiger partial charge in [-0.15, -0.1) is 0 Å². The first-order valence-corrected chi connectivity index (χ1v) is 10.9. The van der Waals surface area contributed by atoms with Gasteiger partial charge in [0.15, 0.2) is 0 Å². The maximum atomic E-state index is 13.1. The van der Waals surface area contributed by atoms with E-state index in [0.29, 0.717) is 11.3 Å². The van der Waals surface area contributed by atoms with Crippen LogP contribution in [0.5, 0.6) is 0 Å². The van der Waals surface area contributed by atoms with Crippen molar-refractivity contribution in [2.24, 2.45) is 0 Å². The number of nitrogens with zero attached hydrogens (tertiary/aromatic N) is 1. The van der Waals surface area contributed by atoms with Crippen molar-refractivity contribution in [1.82, 2.24) is 5.32 Å². The van der Waals surface area contributed by atoms with Crippen LogP contribution in [0.3, 0.4) is 0 Å². The molecule has 3 aromatic rings. The van der Waals surface area contributed by atoms with E-state index in [1.54, 1.807) is 6.07 Å². The molecule has 0 spiro atoms. The maximum Gasteiger partial charge on any atom is 0.335 e. The van der Waals surface area contributed by atoms with Crippen LogP contribution in [0.4, 0.5) is 10.5 Å². The molecular weight excluding hydrogens is 412 g/mol. The van der Waals surface area contributed by atoms with Gasteiger partial charge in [0.2, 0.25) is 0 Å². The molecule has 0 atom stereocenters. The van der Waals surface area contributed by atoms with Gasteiger partial charge in [0.05, 0.1) is 5.69 Å². The highest BCUT2D eigenvalue weighted by molar-refractivity contribution is 6.39. The molecule has 166 valence electrons. The average molecular weight is 439 g/mol. The zero-order chi connectivity index (χ0) is 23.7. The molecule has 1 saturated heterocycles. The lowest BCUT2D eigenvalue weighted by molar-refractivity contribution is -0.122. The van der Waals surface area contributed by atoms with Gasteiger partial charge in [-0.1, -0.05) is 71.3 Å². The first kappa shape index (κ1) is 22.2. The van der Waals surface area contributed by atoms with Crippen molar-refractivity contribution in [3.63, 3.8) is 0 Å². The lowest BCUT2D eigenvalue weighted by Gasteiger charge is -2.27.